The van der Waals surface area contributed by atoms with E-state index in [-0.39, 0.29) is 5.91 Å². The Morgan fingerprint density at radius 1 is 1.31 bits per heavy atom. The first-order valence-corrected chi connectivity index (χ1v) is 5.52. The van der Waals surface area contributed by atoms with Crippen molar-refractivity contribution in [2.75, 3.05) is 14.1 Å². The molecular weight excluding hydrogens is 200 g/mol. The van der Waals surface area contributed by atoms with Crippen molar-refractivity contribution < 1.29 is 4.79 Å². The fourth-order valence-electron chi connectivity index (χ4n) is 1.68. The Morgan fingerprint density at radius 3 is 2.56 bits per heavy atom. The Bertz CT molecular complexity index is 372. The molecule has 3 nitrogen and oxygen atoms in total. The molecule has 1 N–H and O–H groups in total. The molecule has 1 aromatic rings. The van der Waals surface area contributed by atoms with Crippen molar-refractivity contribution >= 4 is 5.91 Å². The number of hydrogen-bond acceptors (Lipinski definition) is 2. The van der Waals surface area contributed by atoms with Gasteiger partial charge in [0, 0.05) is 20.5 Å². The molecule has 0 aliphatic heterocycles. The third-order valence-corrected chi connectivity index (χ3v) is 2.47. The van der Waals surface area contributed by atoms with Gasteiger partial charge < -0.3 is 0 Å². The van der Waals surface area contributed by atoms with Gasteiger partial charge in [-0.25, -0.2) is 5.01 Å². The first-order valence-electron chi connectivity index (χ1n) is 5.52. The van der Waals surface area contributed by atoms with E-state index in [0.717, 1.165) is 6.42 Å². The van der Waals surface area contributed by atoms with Gasteiger partial charge in [-0.3, -0.25) is 10.2 Å². The molecule has 0 atom stereocenters. The Balaban J connectivity index is 2.51. The average Bonchev–Trinajstić information content (AvgIpc) is 2.15. The molecule has 0 saturated heterocycles. The summed E-state index contributed by atoms with van der Waals surface area (Å²) in [5, 5.41) is 1.67. The Kier molecular flexibility index (Phi) is 4.50. The first-order chi connectivity index (χ1) is 7.49. The van der Waals surface area contributed by atoms with Crippen molar-refractivity contribution in [2.24, 2.45) is 0 Å². The minimum absolute atomic E-state index is 0.0602. The molecule has 1 aromatic carbocycles. The number of aryl methyl sites for hydroxylation is 3. The Morgan fingerprint density at radius 2 is 2.00 bits per heavy atom. The summed E-state index contributed by atoms with van der Waals surface area (Å²) in [7, 11) is 3.63. The molecule has 0 saturated carbocycles. The maximum absolute atomic E-state index is 11.5. The number of carbonyl (C=O) groups excluding carboxylic acids is 1. The molecule has 0 aromatic heterocycles. The van der Waals surface area contributed by atoms with Crippen molar-refractivity contribution in [1.82, 2.24) is 10.4 Å². The monoisotopic (exact) mass is 220 g/mol. The smallest absolute Gasteiger partial charge is 0.234 e. The maximum atomic E-state index is 11.5. The summed E-state index contributed by atoms with van der Waals surface area (Å²) >= 11 is 0. The second kappa shape index (κ2) is 5.66. The van der Waals surface area contributed by atoms with E-state index in [1.54, 1.807) is 5.01 Å². The van der Waals surface area contributed by atoms with Crippen molar-refractivity contribution in [3.8, 4) is 0 Å². The first kappa shape index (κ1) is 12.7. The number of rotatable bonds is 4. The van der Waals surface area contributed by atoms with E-state index in [1.165, 1.54) is 16.7 Å². The zero-order valence-electron chi connectivity index (χ0n) is 10.5. The lowest BCUT2D eigenvalue weighted by Crippen LogP contribution is -2.36. The largest absolute Gasteiger partial charge is 0.289 e. The maximum Gasteiger partial charge on any atom is 0.234 e. The minimum Gasteiger partial charge on any atom is -0.289 e. The number of hydrazine groups is 1. The van der Waals surface area contributed by atoms with Gasteiger partial charge >= 0.3 is 0 Å². The third-order valence-electron chi connectivity index (χ3n) is 2.47. The highest BCUT2D eigenvalue weighted by Crippen LogP contribution is 2.12. The van der Waals surface area contributed by atoms with Gasteiger partial charge in [-0.05, 0) is 31.4 Å². The molecule has 0 aliphatic carbocycles. The number of benzene rings is 1. The highest BCUT2D eigenvalue weighted by atomic mass is 16.2. The van der Waals surface area contributed by atoms with E-state index in [1.807, 2.05) is 14.1 Å². The normalized spacial score (nSPS) is 10.6. The standard InChI is InChI=1S/C13H20N2O/c1-10-5-6-12(11(2)9-10)7-8-13(16)14-15(3)4/h5-6,9H,7-8H2,1-4H3,(H,14,16). The zero-order chi connectivity index (χ0) is 12.1. The summed E-state index contributed by atoms with van der Waals surface area (Å²) in [4.78, 5) is 11.5. The summed E-state index contributed by atoms with van der Waals surface area (Å²) in [6.45, 7) is 4.17. The van der Waals surface area contributed by atoms with Gasteiger partial charge in [0.05, 0.1) is 0 Å². The van der Waals surface area contributed by atoms with Crippen molar-refractivity contribution in [1.29, 1.82) is 0 Å². The highest BCUT2D eigenvalue weighted by molar-refractivity contribution is 5.75. The molecule has 1 rings (SSSR count). The van der Waals surface area contributed by atoms with Gasteiger partial charge in [-0.2, -0.15) is 0 Å². The molecule has 1 amide bonds. The molecule has 0 aliphatic rings. The second-order valence-corrected chi connectivity index (χ2v) is 4.36. The molecule has 0 spiro atoms. The fraction of sp³-hybridized carbons (Fsp3) is 0.462. The van der Waals surface area contributed by atoms with Gasteiger partial charge in [0.25, 0.3) is 0 Å². The van der Waals surface area contributed by atoms with E-state index in [9.17, 15) is 4.79 Å². The molecule has 0 bridgehead atoms. The van der Waals surface area contributed by atoms with Gasteiger partial charge in [-0.1, -0.05) is 23.8 Å². The van der Waals surface area contributed by atoms with Crippen molar-refractivity contribution in [3.05, 3.63) is 34.9 Å². The SMILES string of the molecule is Cc1ccc(CCC(=O)NN(C)C)c(C)c1. The van der Waals surface area contributed by atoms with Crippen LogP contribution in [0, 0.1) is 13.8 Å². The second-order valence-electron chi connectivity index (χ2n) is 4.36. The molecule has 3 heteroatoms. The summed E-state index contributed by atoms with van der Waals surface area (Å²) in [5.41, 5.74) is 6.51. The molecule has 0 radical (unpaired) electrons. The molecule has 0 heterocycles. The zero-order valence-corrected chi connectivity index (χ0v) is 10.5. The van der Waals surface area contributed by atoms with Crippen molar-refractivity contribution in [3.63, 3.8) is 0 Å². The summed E-state index contributed by atoms with van der Waals surface area (Å²) < 4.78 is 0. The molecule has 0 fully saturated rings. The van der Waals surface area contributed by atoms with E-state index >= 15 is 0 Å². The minimum atomic E-state index is 0.0602. The molecule has 0 unspecified atom stereocenters. The van der Waals surface area contributed by atoms with E-state index in [4.69, 9.17) is 0 Å². The van der Waals surface area contributed by atoms with Crippen LogP contribution < -0.4 is 5.43 Å². The average molecular weight is 220 g/mol. The lowest BCUT2D eigenvalue weighted by Gasteiger charge is -2.12. The van der Waals surface area contributed by atoms with Crippen LogP contribution in [0.2, 0.25) is 0 Å². The number of carbonyl (C=O) groups is 1. The molecular formula is C13H20N2O. The summed E-state index contributed by atoms with van der Waals surface area (Å²) in [5.74, 6) is 0.0602. The lowest BCUT2D eigenvalue weighted by atomic mass is 10.0. The van der Waals surface area contributed by atoms with Crippen LogP contribution >= 0.6 is 0 Å². The molecule has 88 valence electrons. The van der Waals surface area contributed by atoms with Crippen LogP contribution in [-0.4, -0.2) is 25.0 Å². The number of nitrogens with zero attached hydrogens (tertiary/aromatic N) is 1. The number of amides is 1. The van der Waals surface area contributed by atoms with Gasteiger partial charge in [0.2, 0.25) is 5.91 Å². The number of hydrogen-bond donors (Lipinski definition) is 1. The quantitative estimate of drug-likeness (QED) is 0.785. The van der Waals surface area contributed by atoms with Gasteiger partial charge in [-0.15, -0.1) is 0 Å². The van der Waals surface area contributed by atoms with Gasteiger partial charge in [0.15, 0.2) is 0 Å². The third kappa shape index (κ3) is 4.03. The topological polar surface area (TPSA) is 32.3 Å². The van der Waals surface area contributed by atoms with Crippen LogP contribution in [0.5, 0.6) is 0 Å². The Hall–Kier alpha value is -1.35. The van der Waals surface area contributed by atoms with Crippen LogP contribution in [-0.2, 0) is 11.2 Å². The predicted molar refractivity (Wildman–Crippen MR) is 66.1 cm³/mol. The van der Waals surface area contributed by atoms with Crippen LogP contribution in [0.15, 0.2) is 18.2 Å². The summed E-state index contributed by atoms with van der Waals surface area (Å²) in [6, 6.07) is 6.35. The van der Waals surface area contributed by atoms with Crippen molar-refractivity contribution in [2.45, 2.75) is 26.7 Å². The van der Waals surface area contributed by atoms with Crippen LogP contribution in [0.4, 0.5) is 0 Å². The fourth-order valence-corrected chi connectivity index (χ4v) is 1.68. The number of nitrogens with one attached hydrogen (secondary N) is 1. The van der Waals surface area contributed by atoms with Crippen LogP contribution in [0.3, 0.4) is 0 Å². The summed E-state index contributed by atoms with van der Waals surface area (Å²) in [6.07, 6.45) is 1.33. The predicted octanol–water partition coefficient (Wildman–Crippen LogP) is 1.83. The van der Waals surface area contributed by atoms with Crippen LogP contribution in [0.1, 0.15) is 23.1 Å². The Labute approximate surface area is 97.4 Å². The van der Waals surface area contributed by atoms with E-state index < -0.39 is 0 Å². The lowest BCUT2D eigenvalue weighted by molar-refractivity contribution is -0.124. The van der Waals surface area contributed by atoms with Crippen LogP contribution in [0.25, 0.3) is 0 Å². The van der Waals surface area contributed by atoms with E-state index in [2.05, 4.69) is 37.5 Å². The van der Waals surface area contributed by atoms with E-state index in [0.29, 0.717) is 6.42 Å². The highest BCUT2D eigenvalue weighted by Gasteiger charge is 2.04. The van der Waals surface area contributed by atoms with Gasteiger partial charge in [0.1, 0.15) is 0 Å². The molecule has 16 heavy (non-hydrogen) atoms.